The van der Waals surface area contributed by atoms with Crippen molar-refractivity contribution in [2.24, 2.45) is 5.92 Å². The molecule has 0 aliphatic carbocycles. The van der Waals surface area contributed by atoms with Crippen molar-refractivity contribution in [3.8, 4) is 0 Å². The van der Waals surface area contributed by atoms with Crippen molar-refractivity contribution in [3.05, 3.63) is 30.3 Å². The van der Waals surface area contributed by atoms with Crippen LogP contribution in [0, 0.1) is 11.7 Å². The third-order valence-electron chi connectivity index (χ3n) is 5.20. The van der Waals surface area contributed by atoms with Crippen molar-refractivity contribution in [2.75, 3.05) is 45.9 Å². The SMILES string of the molecule is O=C(C1CCOC1)N1CCN(CCn2cnc3cc(F)ccc32)CC1. The lowest BCUT2D eigenvalue weighted by Crippen LogP contribution is -2.50. The predicted molar refractivity (Wildman–Crippen MR) is 91.6 cm³/mol. The minimum absolute atomic E-state index is 0.0595. The van der Waals surface area contributed by atoms with Crippen LogP contribution in [0.5, 0.6) is 0 Å². The summed E-state index contributed by atoms with van der Waals surface area (Å²) < 4.78 is 20.6. The second-order valence-electron chi connectivity index (χ2n) is 6.80. The number of benzene rings is 1. The van der Waals surface area contributed by atoms with Gasteiger partial charge < -0.3 is 14.2 Å². The van der Waals surface area contributed by atoms with E-state index >= 15 is 0 Å². The molecule has 1 unspecified atom stereocenters. The molecule has 2 aliphatic rings. The van der Waals surface area contributed by atoms with Crippen LogP contribution in [0.3, 0.4) is 0 Å². The summed E-state index contributed by atoms with van der Waals surface area (Å²) in [4.78, 5) is 21.0. The number of aromatic nitrogens is 2. The summed E-state index contributed by atoms with van der Waals surface area (Å²) in [6.45, 7) is 6.34. The van der Waals surface area contributed by atoms with Crippen molar-refractivity contribution < 1.29 is 13.9 Å². The van der Waals surface area contributed by atoms with Crippen LogP contribution in [0.15, 0.2) is 24.5 Å². The molecule has 3 heterocycles. The average Bonchev–Trinajstić information content (AvgIpc) is 3.29. The Balaban J connectivity index is 1.29. The van der Waals surface area contributed by atoms with Gasteiger partial charge in [0.1, 0.15) is 5.82 Å². The van der Waals surface area contributed by atoms with E-state index in [1.165, 1.54) is 12.1 Å². The highest BCUT2D eigenvalue weighted by Crippen LogP contribution is 2.17. The number of imidazole rings is 1. The number of piperazine rings is 1. The smallest absolute Gasteiger partial charge is 0.228 e. The highest BCUT2D eigenvalue weighted by molar-refractivity contribution is 5.79. The summed E-state index contributed by atoms with van der Waals surface area (Å²) in [6, 6.07) is 4.71. The maximum absolute atomic E-state index is 13.2. The number of halogens is 1. The molecular weight excluding hydrogens is 323 g/mol. The van der Waals surface area contributed by atoms with Crippen LogP contribution in [-0.4, -0.2) is 71.2 Å². The zero-order valence-electron chi connectivity index (χ0n) is 14.2. The molecule has 0 N–H and O–H groups in total. The summed E-state index contributed by atoms with van der Waals surface area (Å²) in [5.41, 5.74) is 1.64. The Kier molecular flexibility index (Phi) is 4.67. The van der Waals surface area contributed by atoms with Crippen molar-refractivity contribution in [1.29, 1.82) is 0 Å². The van der Waals surface area contributed by atoms with Gasteiger partial charge in [-0.05, 0) is 18.6 Å². The molecule has 25 heavy (non-hydrogen) atoms. The van der Waals surface area contributed by atoms with E-state index in [9.17, 15) is 9.18 Å². The average molecular weight is 346 g/mol. The van der Waals surface area contributed by atoms with E-state index in [-0.39, 0.29) is 17.6 Å². The van der Waals surface area contributed by atoms with Gasteiger partial charge in [0.15, 0.2) is 0 Å². The molecule has 2 saturated heterocycles. The van der Waals surface area contributed by atoms with Gasteiger partial charge in [0.05, 0.1) is 29.9 Å². The van der Waals surface area contributed by atoms with Crippen molar-refractivity contribution in [2.45, 2.75) is 13.0 Å². The molecule has 1 aromatic carbocycles. The van der Waals surface area contributed by atoms with Crippen LogP contribution in [-0.2, 0) is 16.1 Å². The minimum Gasteiger partial charge on any atom is -0.381 e. The van der Waals surface area contributed by atoms with Gasteiger partial charge in [-0.2, -0.15) is 0 Å². The van der Waals surface area contributed by atoms with Gasteiger partial charge in [-0.3, -0.25) is 9.69 Å². The number of hydrogen-bond donors (Lipinski definition) is 0. The van der Waals surface area contributed by atoms with Gasteiger partial charge in [0.25, 0.3) is 0 Å². The lowest BCUT2D eigenvalue weighted by molar-refractivity contribution is -0.137. The second kappa shape index (κ2) is 7.09. The highest BCUT2D eigenvalue weighted by atomic mass is 19.1. The Morgan fingerprint density at radius 1 is 1.24 bits per heavy atom. The van der Waals surface area contributed by atoms with Gasteiger partial charge in [-0.15, -0.1) is 0 Å². The van der Waals surface area contributed by atoms with Crippen LogP contribution in [0.4, 0.5) is 4.39 Å². The van der Waals surface area contributed by atoms with Crippen LogP contribution in [0.2, 0.25) is 0 Å². The van der Waals surface area contributed by atoms with E-state index in [1.54, 1.807) is 12.4 Å². The molecule has 2 aliphatic heterocycles. The first-order valence-electron chi connectivity index (χ1n) is 8.90. The fraction of sp³-hybridized carbons (Fsp3) is 0.556. The van der Waals surface area contributed by atoms with Gasteiger partial charge in [0, 0.05) is 51.9 Å². The normalized spacial score (nSPS) is 22.0. The summed E-state index contributed by atoms with van der Waals surface area (Å²) in [6.07, 6.45) is 2.62. The molecule has 7 heteroatoms. The highest BCUT2D eigenvalue weighted by Gasteiger charge is 2.29. The molecule has 1 amide bonds. The first-order valence-corrected chi connectivity index (χ1v) is 8.90. The fourth-order valence-corrected chi connectivity index (χ4v) is 3.64. The number of carbonyl (C=O) groups excluding carboxylic acids is 1. The zero-order valence-corrected chi connectivity index (χ0v) is 14.2. The van der Waals surface area contributed by atoms with Crippen LogP contribution in [0.25, 0.3) is 11.0 Å². The summed E-state index contributed by atoms with van der Waals surface area (Å²) in [5.74, 6) is 0.0511. The molecular formula is C18H23FN4O2. The predicted octanol–water partition coefficient (Wildman–Crippen LogP) is 1.36. The van der Waals surface area contributed by atoms with Crippen molar-refractivity contribution in [3.63, 3.8) is 0 Å². The molecule has 0 saturated carbocycles. The molecule has 4 rings (SSSR count). The zero-order chi connectivity index (χ0) is 17.2. The molecule has 2 fully saturated rings. The van der Waals surface area contributed by atoms with E-state index < -0.39 is 0 Å². The van der Waals surface area contributed by atoms with E-state index in [2.05, 4.69) is 14.5 Å². The Hall–Kier alpha value is -1.99. The quantitative estimate of drug-likeness (QED) is 0.839. The lowest BCUT2D eigenvalue weighted by atomic mass is 10.1. The van der Waals surface area contributed by atoms with E-state index in [4.69, 9.17) is 4.74 Å². The summed E-state index contributed by atoms with van der Waals surface area (Å²) in [7, 11) is 0. The molecule has 2 aromatic rings. The number of carbonyl (C=O) groups is 1. The van der Waals surface area contributed by atoms with Crippen molar-refractivity contribution >= 4 is 16.9 Å². The van der Waals surface area contributed by atoms with Gasteiger partial charge in [-0.1, -0.05) is 0 Å². The Morgan fingerprint density at radius 3 is 2.84 bits per heavy atom. The van der Waals surface area contributed by atoms with Crippen LogP contribution < -0.4 is 0 Å². The van der Waals surface area contributed by atoms with Gasteiger partial charge in [0.2, 0.25) is 5.91 Å². The number of hydrogen-bond acceptors (Lipinski definition) is 4. The Bertz CT molecular complexity index is 749. The minimum atomic E-state index is -0.258. The van der Waals surface area contributed by atoms with Crippen LogP contribution in [0.1, 0.15) is 6.42 Å². The number of ether oxygens (including phenoxy) is 1. The van der Waals surface area contributed by atoms with E-state index in [0.717, 1.165) is 51.2 Å². The topological polar surface area (TPSA) is 50.6 Å². The van der Waals surface area contributed by atoms with Gasteiger partial charge >= 0.3 is 0 Å². The number of nitrogens with zero attached hydrogens (tertiary/aromatic N) is 4. The number of fused-ring (bicyclic) bond motifs is 1. The Labute approximate surface area is 146 Å². The fourth-order valence-electron chi connectivity index (χ4n) is 3.64. The summed E-state index contributed by atoms with van der Waals surface area (Å²) in [5, 5.41) is 0. The van der Waals surface area contributed by atoms with Crippen LogP contribution >= 0.6 is 0 Å². The monoisotopic (exact) mass is 346 g/mol. The first kappa shape index (κ1) is 16.5. The third-order valence-corrected chi connectivity index (χ3v) is 5.20. The molecule has 0 radical (unpaired) electrons. The second-order valence-corrected chi connectivity index (χ2v) is 6.80. The van der Waals surface area contributed by atoms with E-state index in [1.807, 2.05) is 4.90 Å². The molecule has 0 bridgehead atoms. The third kappa shape index (κ3) is 3.52. The first-order chi connectivity index (χ1) is 12.2. The summed E-state index contributed by atoms with van der Waals surface area (Å²) >= 11 is 0. The van der Waals surface area contributed by atoms with Crippen molar-refractivity contribution in [1.82, 2.24) is 19.4 Å². The Morgan fingerprint density at radius 2 is 2.08 bits per heavy atom. The molecule has 1 aromatic heterocycles. The maximum atomic E-state index is 13.2. The maximum Gasteiger partial charge on any atom is 0.228 e. The number of amides is 1. The van der Waals surface area contributed by atoms with E-state index in [0.29, 0.717) is 18.7 Å². The molecule has 6 nitrogen and oxygen atoms in total. The lowest BCUT2D eigenvalue weighted by Gasteiger charge is -2.35. The molecule has 134 valence electrons. The number of rotatable bonds is 4. The molecule has 0 spiro atoms. The van der Waals surface area contributed by atoms with Gasteiger partial charge in [-0.25, -0.2) is 9.37 Å². The standard InChI is InChI=1S/C18H23FN4O2/c19-15-1-2-17-16(11-15)20-13-23(17)9-6-21-4-7-22(8-5-21)18(24)14-3-10-25-12-14/h1-2,11,13-14H,3-10,12H2. The molecule has 1 atom stereocenters. The largest absolute Gasteiger partial charge is 0.381 e.